The lowest BCUT2D eigenvalue weighted by Crippen LogP contribution is -2.16. The molecular weight excluding hydrogens is 358 g/mol. The molecule has 116 valence electrons. The SMILES string of the molecule is NC(=O)Oc1cc2cc(Br)ccc2cc1OCc1ccccc1. The molecule has 3 aromatic carbocycles. The molecule has 0 aliphatic rings. The van der Waals surface area contributed by atoms with Crippen LogP contribution in [-0.4, -0.2) is 6.09 Å². The van der Waals surface area contributed by atoms with Crippen LogP contribution < -0.4 is 15.2 Å². The number of carbonyl (C=O) groups excluding carboxylic acids is 1. The van der Waals surface area contributed by atoms with Gasteiger partial charge in [0.2, 0.25) is 0 Å². The van der Waals surface area contributed by atoms with E-state index >= 15 is 0 Å². The first-order chi connectivity index (χ1) is 11.1. The number of rotatable bonds is 4. The summed E-state index contributed by atoms with van der Waals surface area (Å²) in [6.45, 7) is 0.373. The Morgan fingerprint density at radius 3 is 2.43 bits per heavy atom. The molecule has 4 nitrogen and oxygen atoms in total. The number of fused-ring (bicyclic) bond motifs is 1. The van der Waals surface area contributed by atoms with Crippen LogP contribution in [0.4, 0.5) is 4.79 Å². The van der Waals surface area contributed by atoms with E-state index in [1.807, 2.05) is 54.6 Å². The summed E-state index contributed by atoms with van der Waals surface area (Å²) in [4.78, 5) is 11.1. The zero-order chi connectivity index (χ0) is 16.2. The number of nitrogens with two attached hydrogens (primary N) is 1. The second kappa shape index (κ2) is 6.71. The van der Waals surface area contributed by atoms with Gasteiger partial charge in [0.1, 0.15) is 6.61 Å². The smallest absolute Gasteiger partial charge is 0.410 e. The van der Waals surface area contributed by atoms with Gasteiger partial charge in [-0.3, -0.25) is 0 Å². The minimum atomic E-state index is -0.871. The van der Waals surface area contributed by atoms with E-state index in [9.17, 15) is 4.79 Å². The maximum atomic E-state index is 11.1. The maximum absolute atomic E-state index is 11.1. The lowest BCUT2D eigenvalue weighted by atomic mass is 10.1. The van der Waals surface area contributed by atoms with Crippen LogP contribution in [0.1, 0.15) is 5.56 Å². The van der Waals surface area contributed by atoms with Gasteiger partial charge < -0.3 is 15.2 Å². The molecule has 0 heterocycles. The van der Waals surface area contributed by atoms with Crippen LogP contribution in [0.2, 0.25) is 0 Å². The van der Waals surface area contributed by atoms with Crippen LogP contribution in [0.15, 0.2) is 65.1 Å². The van der Waals surface area contributed by atoms with Crippen LogP contribution in [0.3, 0.4) is 0 Å². The van der Waals surface area contributed by atoms with Crippen molar-refractivity contribution >= 4 is 32.8 Å². The fourth-order valence-electron chi connectivity index (χ4n) is 2.26. The summed E-state index contributed by atoms with van der Waals surface area (Å²) in [6.07, 6.45) is -0.871. The van der Waals surface area contributed by atoms with E-state index in [2.05, 4.69) is 15.9 Å². The second-order valence-electron chi connectivity index (χ2n) is 4.99. The molecule has 0 saturated carbocycles. The van der Waals surface area contributed by atoms with Crippen molar-refractivity contribution in [2.45, 2.75) is 6.61 Å². The predicted molar refractivity (Wildman–Crippen MR) is 92.6 cm³/mol. The minimum Gasteiger partial charge on any atom is -0.485 e. The lowest BCUT2D eigenvalue weighted by Gasteiger charge is -2.12. The first-order valence-corrected chi connectivity index (χ1v) is 7.78. The summed E-state index contributed by atoms with van der Waals surface area (Å²) >= 11 is 3.42. The van der Waals surface area contributed by atoms with Gasteiger partial charge >= 0.3 is 6.09 Å². The monoisotopic (exact) mass is 371 g/mol. The van der Waals surface area contributed by atoms with Crippen molar-refractivity contribution < 1.29 is 14.3 Å². The topological polar surface area (TPSA) is 61.6 Å². The summed E-state index contributed by atoms with van der Waals surface area (Å²) < 4.78 is 11.8. The Bertz CT molecular complexity index is 850. The molecule has 0 spiro atoms. The van der Waals surface area contributed by atoms with E-state index < -0.39 is 6.09 Å². The molecule has 0 bridgehead atoms. The van der Waals surface area contributed by atoms with Gasteiger partial charge in [-0.25, -0.2) is 4.79 Å². The summed E-state index contributed by atoms with van der Waals surface area (Å²) in [5, 5.41) is 1.90. The van der Waals surface area contributed by atoms with Crippen LogP contribution in [-0.2, 0) is 6.61 Å². The number of carbonyl (C=O) groups is 1. The van der Waals surface area contributed by atoms with Crippen LogP contribution in [0.25, 0.3) is 10.8 Å². The molecule has 0 atom stereocenters. The highest BCUT2D eigenvalue weighted by Gasteiger charge is 2.11. The number of hydrogen-bond acceptors (Lipinski definition) is 3. The summed E-state index contributed by atoms with van der Waals surface area (Å²) in [7, 11) is 0. The molecule has 0 unspecified atom stereocenters. The van der Waals surface area contributed by atoms with Crippen molar-refractivity contribution in [3.63, 3.8) is 0 Å². The lowest BCUT2D eigenvalue weighted by molar-refractivity contribution is 0.206. The standard InChI is InChI=1S/C18H14BrNO3/c19-15-7-6-13-9-16(22-11-12-4-2-1-3-5-12)17(23-18(20)21)10-14(13)8-15/h1-10H,11H2,(H2,20,21). The molecule has 1 amide bonds. The number of halogens is 1. The van der Waals surface area contributed by atoms with Crippen LogP contribution in [0.5, 0.6) is 11.5 Å². The van der Waals surface area contributed by atoms with Gasteiger partial charge in [0.15, 0.2) is 11.5 Å². The van der Waals surface area contributed by atoms with Gasteiger partial charge in [0.25, 0.3) is 0 Å². The van der Waals surface area contributed by atoms with Crippen molar-refractivity contribution in [2.24, 2.45) is 5.73 Å². The first-order valence-electron chi connectivity index (χ1n) is 6.99. The minimum absolute atomic E-state index is 0.305. The summed E-state index contributed by atoms with van der Waals surface area (Å²) in [5.74, 6) is 0.779. The third kappa shape index (κ3) is 3.81. The molecule has 5 heteroatoms. The van der Waals surface area contributed by atoms with Gasteiger partial charge in [-0.05, 0) is 40.6 Å². The van der Waals surface area contributed by atoms with E-state index in [1.54, 1.807) is 6.07 Å². The number of benzene rings is 3. The third-order valence-corrected chi connectivity index (χ3v) is 3.81. The molecule has 0 fully saturated rings. The Labute approximate surface area is 141 Å². The van der Waals surface area contributed by atoms with Crippen LogP contribution >= 0.6 is 15.9 Å². The molecule has 0 aromatic heterocycles. The van der Waals surface area contributed by atoms with Gasteiger partial charge in [-0.2, -0.15) is 0 Å². The summed E-state index contributed by atoms with van der Waals surface area (Å²) in [5.41, 5.74) is 6.17. The van der Waals surface area contributed by atoms with Gasteiger partial charge in [-0.1, -0.05) is 52.3 Å². The third-order valence-electron chi connectivity index (χ3n) is 3.31. The van der Waals surface area contributed by atoms with E-state index in [0.717, 1.165) is 20.8 Å². The van der Waals surface area contributed by atoms with E-state index in [4.69, 9.17) is 15.2 Å². The number of ether oxygens (including phenoxy) is 2. The highest BCUT2D eigenvalue weighted by Crippen LogP contribution is 2.34. The van der Waals surface area contributed by atoms with E-state index in [0.29, 0.717) is 18.1 Å². The fourth-order valence-corrected chi connectivity index (χ4v) is 2.64. The maximum Gasteiger partial charge on any atom is 0.410 e. The number of primary amides is 1. The molecule has 0 aliphatic heterocycles. The molecule has 3 aromatic rings. The molecule has 3 rings (SSSR count). The van der Waals surface area contributed by atoms with Gasteiger partial charge in [0, 0.05) is 4.47 Å². The molecule has 23 heavy (non-hydrogen) atoms. The van der Waals surface area contributed by atoms with Crippen molar-refractivity contribution in [3.8, 4) is 11.5 Å². The van der Waals surface area contributed by atoms with E-state index in [1.165, 1.54) is 0 Å². The molecular formula is C18H14BrNO3. The van der Waals surface area contributed by atoms with Gasteiger partial charge in [0.05, 0.1) is 0 Å². The average Bonchev–Trinajstić information content (AvgIpc) is 2.53. The highest BCUT2D eigenvalue weighted by atomic mass is 79.9. The zero-order valence-electron chi connectivity index (χ0n) is 12.2. The second-order valence-corrected chi connectivity index (χ2v) is 5.90. The Hall–Kier alpha value is -2.53. The Kier molecular flexibility index (Phi) is 4.48. The zero-order valence-corrected chi connectivity index (χ0v) is 13.7. The number of hydrogen-bond donors (Lipinski definition) is 1. The molecule has 0 radical (unpaired) electrons. The van der Waals surface area contributed by atoms with Gasteiger partial charge in [-0.15, -0.1) is 0 Å². The van der Waals surface area contributed by atoms with Crippen molar-refractivity contribution in [3.05, 3.63) is 70.7 Å². The van der Waals surface area contributed by atoms with Crippen molar-refractivity contribution in [1.82, 2.24) is 0 Å². The molecule has 0 aliphatic carbocycles. The predicted octanol–water partition coefficient (Wildman–Crippen LogP) is 4.64. The van der Waals surface area contributed by atoms with Crippen molar-refractivity contribution in [2.75, 3.05) is 0 Å². The largest absolute Gasteiger partial charge is 0.485 e. The van der Waals surface area contributed by atoms with E-state index in [-0.39, 0.29) is 0 Å². The first kappa shape index (κ1) is 15.4. The quantitative estimate of drug-likeness (QED) is 0.726. The number of amides is 1. The van der Waals surface area contributed by atoms with Crippen LogP contribution in [0, 0.1) is 0 Å². The molecule has 0 saturated heterocycles. The average molecular weight is 372 g/mol. The summed E-state index contributed by atoms with van der Waals surface area (Å²) in [6, 6.07) is 19.2. The van der Waals surface area contributed by atoms with Crippen molar-refractivity contribution in [1.29, 1.82) is 0 Å². The fraction of sp³-hybridized carbons (Fsp3) is 0.0556. The highest BCUT2D eigenvalue weighted by molar-refractivity contribution is 9.10. The Morgan fingerprint density at radius 1 is 0.957 bits per heavy atom. The Balaban J connectivity index is 1.95. The Morgan fingerprint density at radius 2 is 1.70 bits per heavy atom. The normalized spacial score (nSPS) is 10.5. The molecule has 2 N–H and O–H groups in total.